The molecule has 1 aromatic rings. The van der Waals surface area contributed by atoms with Gasteiger partial charge in [0.25, 0.3) is 5.91 Å². The summed E-state index contributed by atoms with van der Waals surface area (Å²) < 4.78 is 0. The highest BCUT2D eigenvalue weighted by atomic mass is 32.1. The predicted molar refractivity (Wildman–Crippen MR) is 69.4 cm³/mol. The van der Waals surface area contributed by atoms with Gasteiger partial charge in [-0.25, -0.2) is 0 Å². The van der Waals surface area contributed by atoms with E-state index in [1.807, 2.05) is 10.3 Å². The number of nitrogens with zero attached hydrogens (tertiary/aromatic N) is 1. The molecule has 2 heterocycles. The Morgan fingerprint density at radius 3 is 2.94 bits per heavy atom. The van der Waals surface area contributed by atoms with Crippen molar-refractivity contribution in [1.29, 1.82) is 0 Å². The maximum absolute atomic E-state index is 12.4. The summed E-state index contributed by atoms with van der Waals surface area (Å²) in [6.07, 6.45) is 4.58. The molecular weight excluding hydrogens is 232 g/mol. The molecule has 1 saturated carbocycles. The van der Waals surface area contributed by atoms with E-state index < -0.39 is 0 Å². The normalized spacial score (nSPS) is 25.0. The lowest BCUT2D eigenvalue weighted by molar-refractivity contribution is 0.0712. The summed E-state index contributed by atoms with van der Waals surface area (Å²) in [6.45, 7) is 1.59. The second-order valence-electron chi connectivity index (χ2n) is 5.13. The van der Waals surface area contributed by atoms with E-state index in [1.54, 1.807) is 11.3 Å². The van der Waals surface area contributed by atoms with Crippen LogP contribution in [0.15, 0.2) is 11.4 Å². The van der Waals surface area contributed by atoms with Crippen molar-refractivity contribution in [3.05, 3.63) is 21.9 Å². The molecule has 17 heavy (non-hydrogen) atoms. The molecule has 92 valence electrons. The Morgan fingerprint density at radius 2 is 2.24 bits per heavy atom. The van der Waals surface area contributed by atoms with Gasteiger partial charge in [-0.1, -0.05) is 0 Å². The molecule has 0 unspecified atom stereocenters. The highest BCUT2D eigenvalue weighted by molar-refractivity contribution is 7.12. The van der Waals surface area contributed by atoms with Gasteiger partial charge in [-0.3, -0.25) is 4.79 Å². The third kappa shape index (κ3) is 2.24. The molecule has 1 aromatic heterocycles. The fourth-order valence-electron chi connectivity index (χ4n) is 2.55. The number of hydrogen-bond acceptors (Lipinski definition) is 3. The highest BCUT2D eigenvalue weighted by Gasteiger charge is 2.31. The van der Waals surface area contributed by atoms with Crippen molar-refractivity contribution in [3.63, 3.8) is 0 Å². The van der Waals surface area contributed by atoms with E-state index >= 15 is 0 Å². The molecule has 0 bridgehead atoms. The minimum Gasteiger partial charge on any atom is -0.336 e. The molecule has 1 saturated heterocycles. The third-order valence-corrected chi connectivity index (χ3v) is 4.57. The second-order valence-corrected chi connectivity index (χ2v) is 6.05. The Kier molecular flexibility index (Phi) is 2.92. The molecule has 1 atom stereocenters. The highest BCUT2D eigenvalue weighted by Crippen LogP contribution is 2.43. The van der Waals surface area contributed by atoms with Crippen LogP contribution < -0.4 is 5.73 Å². The molecule has 0 aromatic carbocycles. The number of piperidine rings is 1. The number of nitrogens with two attached hydrogens (primary N) is 1. The summed E-state index contributed by atoms with van der Waals surface area (Å²) in [5.41, 5.74) is 7.21. The third-order valence-electron chi connectivity index (χ3n) is 3.65. The first-order valence-corrected chi connectivity index (χ1v) is 7.26. The standard InChI is InChI=1S/C13H18N2OS/c14-10-2-1-6-15(8-10)13(16)12-11(5-7-17-12)9-3-4-9/h5,7,9-10H,1-4,6,8,14H2/t10-/m1/s1. The van der Waals surface area contributed by atoms with Crippen LogP contribution in [0.1, 0.15) is 46.8 Å². The van der Waals surface area contributed by atoms with Crippen LogP contribution in [0.3, 0.4) is 0 Å². The molecule has 1 aliphatic carbocycles. The largest absolute Gasteiger partial charge is 0.336 e. The van der Waals surface area contributed by atoms with Gasteiger partial charge in [0.05, 0.1) is 4.88 Å². The zero-order valence-electron chi connectivity index (χ0n) is 9.89. The number of hydrogen-bond donors (Lipinski definition) is 1. The van der Waals surface area contributed by atoms with E-state index in [0.29, 0.717) is 5.92 Å². The van der Waals surface area contributed by atoms with Crippen LogP contribution in [0.5, 0.6) is 0 Å². The molecule has 3 rings (SSSR count). The lowest BCUT2D eigenvalue weighted by Gasteiger charge is -2.30. The monoisotopic (exact) mass is 250 g/mol. The quantitative estimate of drug-likeness (QED) is 0.874. The average molecular weight is 250 g/mol. The van der Waals surface area contributed by atoms with Crippen molar-refractivity contribution in [2.75, 3.05) is 13.1 Å². The fourth-order valence-corrected chi connectivity index (χ4v) is 3.50. The first-order valence-electron chi connectivity index (χ1n) is 6.38. The van der Waals surface area contributed by atoms with Crippen LogP contribution in [-0.4, -0.2) is 29.9 Å². The molecule has 2 fully saturated rings. The Bertz CT molecular complexity index is 425. The minimum atomic E-state index is 0.164. The van der Waals surface area contributed by atoms with E-state index in [1.165, 1.54) is 18.4 Å². The van der Waals surface area contributed by atoms with Crippen LogP contribution in [0.4, 0.5) is 0 Å². The molecule has 3 nitrogen and oxygen atoms in total. The molecule has 1 aliphatic heterocycles. The molecule has 2 N–H and O–H groups in total. The summed E-state index contributed by atoms with van der Waals surface area (Å²) >= 11 is 1.59. The summed E-state index contributed by atoms with van der Waals surface area (Å²) in [5, 5.41) is 2.05. The smallest absolute Gasteiger partial charge is 0.264 e. The maximum Gasteiger partial charge on any atom is 0.264 e. The molecule has 0 spiro atoms. The topological polar surface area (TPSA) is 46.3 Å². The number of thiophene rings is 1. The van der Waals surface area contributed by atoms with E-state index in [2.05, 4.69) is 6.07 Å². The van der Waals surface area contributed by atoms with Crippen molar-refractivity contribution < 1.29 is 4.79 Å². The van der Waals surface area contributed by atoms with Crippen LogP contribution in [-0.2, 0) is 0 Å². The van der Waals surface area contributed by atoms with Gasteiger partial charge in [-0.05, 0) is 48.6 Å². The Labute approximate surface area is 106 Å². The van der Waals surface area contributed by atoms with Crippen LogP contribution in [0.2, 0.25) is 0 Å². The van der Waals surface area contributed by atoms with Crippen molar-refractivity contribution >= 4 is 17.2 Å². The van der Waals surface area contributed by atoms with Gasteiger partial charge in [0.15, 0.2) is 0 Å². The first-order chi connectivity index (χ1) is 8.25. The summed E-state index contributed by atoms with van der Waals surface area (Å²) in [5.74, 6) is 0.857. The Hall–Kier alpha value is -0.870. The zero-order valence-corrected chi connectivity index (χ0v) is 10.7. The summed E-state index contributed by atoms with van der Waals surface area (Å²) in [4.78, 5) is 15.3. The van der Waals surface area contributed by atoms with E-state index in [-0.39, 0.29) is 11.9 Å². The van der Waals surface area contributed by atoms with Gasteiger partial charge in [0.1, 0.15) is 0 Å². The van der Waals surface area contributed by atoms with Gasteiger partial charge >= 0.3 is 0 Å². The number of carbonyl (C=O) groups is 1. The molecular formula is C13H18N2OS. The lowest BCUT2D eigenvalue weighted by atomic mass is 10.1. The average Bonchev–Trinajstić information content (AvgIpc) is 3.06. The van der Waals surface area contributed by atoms with E-state index in [9.17, 15) is 4.79 Å². The predicted octanol–water partition coefficient (Wildman–Crippen LogP) is 2.19. The molecule has 4 heteroatoms. The van der Waals surface area contributed by atoms with E-state index in [4.69, 9.17) is 5.73 Å². The molecule has 2 aliphatic rings. The van der Waals surface area contributed by atoms with Gasteiger partial charge in [0.2, 0.25) is 0 Å². The SMILES string of the molecule is N[C@@H]1CCCN(C(=O)c2sccc2C2CC2)C1. The number of amides is 1. The van der Waals surface area contributed by atoms with Gasteiger partial charge in [0, 0.05) is 19.1 Å². The van der Waals surface area contributed by atoms with Crippen LogP contribution >= 0.6 is 11.3 Å². The number of likely N-dealkylation sites (tertiary alicyclic amines) is 1. The minimum absolute atomic E-state index is 0.164. The Balaban J connectivity index is 1.78. The zero-order chi connectivity index (χ0) is 11.8. The van der Waals surface area contributed by atoms with Gasteiger partial charge < -0.3 is 10.6 Å². The maximum atomic E-state index is 12.4. The van der Waals surface area contributed by atoms with Crippen molar-refractivity contribution in [2.24, 2.45) is 5.73 Å². The number of carbonyl (C=O) groups excluding carboxylic acids is 1. The van der Waals surface area contributed by atoms with Gasteiger partial charge in [-0.2, -0.15) is 0 Å². The van der Waals surface area contributed by atoms with E-state index in [0.717, 1.165) is 30.8 Å². The molecule has 1 amide bonds. The van der Waals surface area contributed by atoms with Crippen molar-refractivity contribution in [3.8, 4) is 0 Å². The first kappa shape index (κ1) is 11.2. The molecule has 0 radical (unpaired) electrons. The van der Waals surface area contributed by atoms with Crippen molar-refractivity contribution in [1.82, 2.24) is 4.90 Å². The fraction of sp³-hybridized carbons (Fsp3) is 0.615. The second kappa shape index (κ2) is 4.42. The Morgan fingerprint density at radius 1 is 1.41 bits per heavy atom. The number of rotatable bonds is 2. The van der Waals surface area contributed by atoms with Crippen LogP contribution in [0.25, 0.3) is 0 Å². The summed E-state index contributed by atoms with van der Waals surface area (Å²) in [7, 11) is 0. The summed E-state index contributed by atoms with van der Waals surface area (Å²) in [6, 6.07) is 2.29. The lowest BCUT2D eigenvalue weighted by Crippen LogP contribution is -2.45. The van der Waals surface area contributed by atoms with Crippen molar-refractivity contribution in [2.45, 2.75) is 37.6 Å². The van der Waals surface area contributed by atoms with Gasteiger partial charge in [-0.15, -0.1) is 11.3 Å². The van der Waals surface area contributed by atoms with Crippen LogP contribution in [0, 0.1) is 0 Å².